The predicted octanol–water partition coefficient (Wildman–Crippen LogP) is 5.07. The maximum Gasteiger partial charge on any atom is 0.0919 e. The summed E-state index contributed by atoms with van der Waals surface area (Å²) in [6, 6.07) is 0. The second-order valence-electron chi connectivity index (χ2n) is 3.89. The minimum atomic E-state index is 0.796. The van der Waals surface area contributed by atoms with Crippen molar-refractivity contribution in [3.8, 4) is 0 Å². The zero-order chi connectivity index (χ0) is 11.5. The van der Waals surface area contributed by atoms with Gasteiger partial charge in [0.2, 0.25) is 0 Å². The Bertz CT molecular complexity index is 219. The Labute approximate surface area is 136 Å². The fourth-order valence-electron chi connectivity index (χ4n) is 1.22. The highest BCUT2D eigenvalue weighted by Crippen LogP contribution is 2.56. The lowest BCUT2D eigenvalue weighted by Crippen LogP contribution is -2.24. The van der Waals surface area contributed by atoms with Crippen molar-refractivity contribution in [1.29, 1.82) is 0 Å². The van der Waals surface area contributed by atoms with Gasteiger partial charge in [0.15, 0.2) is 0 Å². The fourth-order valence-corrected chi connectivity index (χ4v) is 15.1. The summed E-state index contributed by atoms with van der Waals surface area (Å²) < 4.78 is 1.65. The van der Waals surface area contributed by atoms with Crippen LogP contribution in [0.3, 0.4) is 0 Å². The molecule has 0 aromatic heterocycles. The normalized spacial score (nSPS) is 26.6. The van der Waals surface area contributed by atoms with E-state index in [-0.39, 0.29) is 0 Å². The highest BCUT2D eigenvalue weighted by Gasteiger charge is 2.33. The molecule has 0 aromatic rings. The minimum absolute atomic E-state index is 0.796. The zero-order valence-electron chi connectivity index (χ0n) is 9.11. The number of hydrogen-bond acceptors (Lipinski definition) is 8. The molecule has 0 aliphatic carbocycles. The average molecular weight is 379 g/mol. The molecule has 0 unspecified atom stereocenters. The summed E-state index contributed by atoms with van der Waals surface area (Å²) in [5.41, 5.74) is 0. The quantitative estimate of drug-likeness (QED) is 0.439. The van der Waals surface area contributed by atoms with Gasteiger partial charge in [-0.1, -0.05) is 43.2 Å². The summed E-state index contributed by atoms with van der Waals surface area (Å²) in [4.78, 5) is 0. The number of thioether (sulfide) groups is 4. The number of hydrogen-bond donors (Lipinski definition) is 0. The number of rotatable bonds is 7. The molecule has 0 radical (unpaired) electrons. The summed E-state index contributed by atoms with van der Waals surface area (Å²) in [5.74, 6) is 5.53. The van der Waals surface area contributed by atoms with Crippen molar-refractivity contribution >= 4 is 90.2 Å². The molecule has 8 heteroatoms. The van der Waals surface area contributed by atoms with Crippen molar-refractivity contribution in [3.63, 3.8) is 0 Å². The first-order valence-electron chi connectivity index (χ1n) is 5.45. The highest BCUT2D eigenvalue weighted by atomic mass is 33.1. The largest absolute Gasteiger partial charge is 0.160 e. The Kier molecular flexibility index (Phi) is 6.68. The molecule has 0 saturated carbocycles. The van der Waals surface area contributed by atoms with E-state index in [4.69, 9.17) is 0 Å². The van der Waals surface area contributed by atoms with Gasteiger partial charge in [0.25, 0.3) is 0 Å². The Morgan fingerprint density at radius 1 is 0.824 bits per heavy atom. The SMILES string of the molecule is C1SC(C(SSC2CSC2)SSC2CSC2)S1. The molecule has 3 rings (SSSR count). The monoisotopic (exact) mass is 378 g/mol. The van der Waals surface area contributed by atoms with Crippen LogP contribution in [0.25, 0.3) is 0 Å². The lowest BCUT2D eigenvalue weighted by atomic mass is 10.5. The molecule has 3 aliphatic rings. The van der Waals surface area contributed by atoms with Gasteiger partial charge in [-0.25, -0.2) is 0 Å². The molecular weight excluding hydrogens is 365 g/mol. The molecule has 3 heterocycles. The van der Waals surface area contributed by atoms with Gasteiger partial charge in [-0.2, -0.15) is 23.5 Å². The van der Waals surface area contributed by atoms with E-state index in [1.807, 2.05) is 0 Å². The third-order valence-electron chi connectivity index (χ3n) is 2.47. The Hall–Kier alpha value is 2.80. The van der Waals surface area contributed by atoms with Gasteiger partial charge in [0.05, 0.1) is 9.16 Å². The standard InChI is InChI=1S/C9H14S8/c1-6(2-10-1)14-16-9(8-12-5-13-8)17-15-7-3-11-4-7/h6-9H,1-5H2. The third-order valence-corrected chi connectivity index (χ3v) is 16.9. The molecule has 0 nitrogen and oxygen atoms in total. The molecule has 3 aliphatic heterocycles. The van der Waals surface area contributed by atoms with E-state index in [1.54, 1.807) is 0 Å². The molecule has 0 spiro atoms. The van der Waals surface area contributed by atoms with Crippen LogP contribution in [0.15, 0.2) is 0 Å². The smallest absolute Gasteiger partial charge is 0.0919 e. The van der Waals surface area contributed by atoms with Crippen molar-refractivity contribution < 1.29 is 0 Å². The summed E-state index contributed by atoms with van der Waals surface area (Å²) in [6.45, 7) is 0. The van der Waals surface area contributed by atoms with Crippen LogP contribution in [0.4, 0.5) is 0 Å². The first-order valence-corrected chi connectivity index (χ1v) is 14.4. The van der Waals surface area contributed by atoms with Crippen molar-refractivity contribution in [1.82, 2.24) is 0 Å². The summed E-state index contributed by atoms with van der Waals surface area (Å²) >= 11 is 8.50. The first kappa shape index (κ1) is 14.7. The molecule has 0 N–H and O–H groups in total. The Balaban J connectivity index is 1.38. The van der Waals surface area contributed by atoms with Crippen LogP contribution in [-0.2, 0) is 0 Å². The third kappa shape index (κ3) is 4.38. The summed E-state index contributed by atoms with van der Waals surface area (Å²) in [5, 5.41) is 3.19. The van der Waals surface area contributed by atoms with Crippen LogP contribution in [0.1, 0.15) is 0 Å². The highest BCUT2D eigenvalue weighted by molar-refractivity contribution is 8.86. The zero-order valence-corrected chi connectivity index (χ0v) is 15.6. The second-order valence-corrected chi connectivity index (χ2v) is 14.7. The van der Waals surface area contributed by atoms with E-state index in [2.05, 4.69) is 90.2 Å². The Morgan fingerprint density at radius 3 is 1.65 bits per heavy atom. The second kappa shape index (κ2) is 7.71. The molecule has 0 aromatic carbocycles. The molecule has 3 fully saturated rings. The first-order chi connectivity index (χ1) is 8.42. The maximum absolute atomic E-state index is 2.16. The van der Waals surface area contributed by atoms with Crippen molar-refractivity contribution in [2.45, 2.75) is 19.7 Å². The van der Waals surface area contributed by atoms with Gasteiger partial charge in [-0.15, -0.1) is 23.5 Å². The van der Waals surface area contributed by atoms with Gasteiger partial charge < -0.3 is 0 Å². The molecular formula is C9H14S8. The summed E-state index contributed by atoms with van der Waals surface area (Å²) in [7, 11) is 8.64. The molecule has 98 valence electrons. The van der Waals surface area contributed by atoms with Gasteiger partial charge in [-0.3, -0.25) is 0 Å². The van der Waals surface area contributed by atoms with E-state index in [9.17, 15) is 0 Å². The van der Waals surface area contributed by atoms with E-state index < -0.39 is 0 Å². The van der Waals surface area contributed by atoms with Crippen LogP contribution in [0, 0.1) is 0 Å². The molecule has 17 heavy (non-hydrogen) atoms. The van der Waals surface area contributed by atoms with E-state index in [1.165, 1.54) is 28.1 Å². The lowest BCUT2D eigenvalue weighted by molar-refractivity contribution is 1.09. The van der Waals surface area contributed by atoms with Gasteiger partial charge in [0, 0.05) is 38.6 Å². The van der Waals surface area contributed by atoms with Crippen LogP contribution < -0.4 is 0 Å². The van der Waals surface area contributed by atoms with Gasteiger partial charge >= 0.3 is 0 Å². The van der Waals surface area contributed by atoms with Crippen molar-refractivity contribution in [3.05, 3.63) is 0 Å². The van der Waals surface area contributed by atoms with Crippen molar-refractivity contribution in [2.24, 2.45) is 0 Å². The van der Waals surface area contributed by atoms with E-state index >= 15 is 0 Å². The lowest BCUT2D eigenvalue weighted by Gasteiger charge is -2.34. The van der Waals surface area contributed by atoms with Crippen LogP contribution >= 0.6 is 90.2 Å². The Morgan fingerprint density at radius 2 is 1.35 bits per heavy atom. The minimum Gasteiger partial charge on any atom is -0.160 e. The molecule has 3 saturated heterocycles. The van der Waals surface area contributed by atoms with E-state index in [0.29, 0.717) is 0 Å². The van der Waals surface area contributed by atoms with Crippen LogP contribution in [-0.4, -0.2) is 47.8 Å². The van der Waals surface area contributed by atoms with Gasteiger partial charge in [0.1, 0.15) is 0 Å². The molecule has 0 amide bonds. The molecule has 0 atom stereocenters. The van der Waals surface area contributed by atoms with Crippen LogP contribution in [0.2, 0.25) is 0 Å². The maximum atomic E-state index is 2.16. The average Bonchev–Trinajstić information content (AvgIpc) is 2.09. The topological polar surface area (TPSA) is 0 Å². The van der Waals surface area contributed by atoms with E-state index in [0.717, 1.165) is 19.7 Å². The van der Waals surface area contributed by atoms with Gasteiger partial charge in [-0.05, 0) is 0 Å². The predicted molar refractivity (Wildman–Crippen MR) is 100 cm³/mol. The molecule has 0 bridgehead atoms. The fraction of sp³-hybridized carbons (Fsp3) is 1.00. The van der Waals surface area contributed by atoms with Crippen LogP contribution in [0.5, 0.6) is 0 Å². The van der Waals surface area contributed by atoms with Crippen molar-refractivity contribution in [2.75, 3.05) is 28.1 Å². The summed E-state index contributed by atoms with van der Waals surface area (Å²) in [6.07, 6.45) is 0.